The van der Waals surface area contributed by atoms with Gasteiger partial charge in [-0.3, -0.25) is 0 Å². The second-order valence-corrected chi connectivity index (χ2v) is 4.22. The summed E-state index contributed by atoms with van der Waals surface area (Å²) in [6, 6.07) is 0. The Balaban J connectivity index is 0. The van der Waals surface area contributed by atoms with Crippen molar-refractivity contribution in [1.82, 2.24) is 0 Å². The third-order valence-corrected chi connectivity index (χ3v) is 2.26. The zero-order chi connectivity index (χ0) is 8.20. The Kier molecular flexibility index (Phi) is 7.95. The summed E-state index contributed by atoms with van der Waals surface area (Å²) in [5.41, 5.74) is 0.553. The van der Waals surface area contributed by atoms with Gasteiger partial charge in [0.25, 0.3) is 0 Å². The van der Waals surface area contributed by atoms with Gasteiger partial charge in [0, 0.05) is 19.5 Å². The minimum Gasteiger partial charge on any atom is -0.320 e. The first kappa shape index (κ1) is 14.2. The fourth-order valence-electron chi connectivity index (χ4n) is 0.765. The molecule has 0 aliphatic carbocycles. The van der Waals surface area contributed by atoms with Crippen molar-refractivity contribution in [3.63, 3.8) is 0 Å². The van der Waals surface area contributed by atoms with E-state index in [1.54, 1.807) is 5.92 Å². The van der Waals surface area contributed by atoms with Crippen molar-refractivity contribution in [3.05, 3.63) is 5.92 Å². The average molecular weight is 207 g/mol. The van der Waals surface area contributed by atoms with Gasteiger partial charge >= 0.3 is 0 Å². The molecule has 0 saturated carbocycles. The van der Waals surface area contributed by atoms with Crippen molar-refractivity contribution in [2.75, 3.05) is 0 Å². The summed E-state index contributed by atoms with van der Waals surface area (Å²) in [5, 5.41) is 0. The predicted molar refractivity (Wildman–Crippen MR) is 47.9 cm³/mol. The fourth-order valence-corrected chi connectivity index (χ4v) is 0.765. The van der Waals surface area contributed by atoms with Crippen molar-refractivity contribution < 1.29 is 19.5 Å². The molecule has 0 aromatic rings. The van der Waals surface area contributed by atoms with Gasteiger partial charge in [-0.1, -0.05) is 33.6 Å². The van der Waals surface area contributed by atoms with Crippen LogP contribution >= 0.6 is 0 Å². The summed E-state index contributed by atoms with van der Waals surface area (Å²) in [6.45, 7) is 11.4. The van der Waals surface area contributed by atoms with Gasteiger partial charge in [0.2, 0.25) is 0 Å². The van der Waals surface area contributed by atoms with Crippen molar-refractivity contribution in [2.24, 2.45) is 5.41 Å². The molecule has 0 fully saturated rings. The third kappa shape index (κ3) is 8.53. The van der Waals surface area contributed by atoms with Crippen LogP contribution in [0.2, 0.25) is 0 Å². The molecule has 0 N–H and O–H groups in total. The molecule has 0 saturated heterocycles. The van der Waals surface area contributed by atoms with Crippen molar-refractivity contribution in [1.29, 1.82) is 0 Å². The molecule has 64 valence electrons. The number of rotatable bonds is 4. The Hall–Kier alpha value is 0.623. The van der Waals surface area contributed by atoms with Crippen LogP contribution in [-0.4, -0.2) is 0 Å². The van der Waals surface area contributed by atoms with Gasteiger partial charge in [-0.05, 0) is 5.41 Å². The second-order valence-electron chi connectivity index (χ2n) is 4.22. The maximum atomic E-state index is 2.34. The van der Waals surface area contributed by atoms with Crippen LogP contribution in [0.3, 0.4) is 0 Å². The largest absolute Gasteiger partial charge is 0.320 e. The van der Waals surface area contributed by atoms with Crippen molar-refractivity contribution >= 4 is 0 Å². The topological polar surface area (TPSA) is 0 Å². The summed E-state index contributed by atoms with van der Waals surface area (Å²) in [7, 11) is 0. The first-order valence-electron chi connectivity index (χ1n) is 4.27. The molecule has 0 spiro atoms. The normalized spacial score (nSPS) is 11.5. The molecule has 0 aromatic carbocycles. The van der Waals surface area contributed by atoms with Gasteiger partial charge in [-0.25, -0.2) is 0 Å². The Morgan fingerprint density at radius 1 is 1.18 bits per heavy atom. The first-order chi connectivity index (χ1) is 4.48. The minimum atomic E-state index is 0. The second kappa shape index (κ2) is 6.17. The van der Waals surface area contributed by atoms with Gasteiger partial charge < -0.3 is 5.92 Å². The molecule has 0 heterocycles. The molecule has 0 unspecified atom stereocenters. The molecule has 11 heavy (non-hydrogen) atoms. The van der Waals surface area contributed by atoms with Gasteiger partial charge in [0.05, 0.1) is 0 Å². The Bertz CT molecular complexity index is 84.9. The SMILES string of the molecule is CCC(C)(C)CC[C-](C)C.[Zn]. The monoisotopic (exact) mass is 205 g/mol. The summed E-state index contributed by atoms with van der Waals surface area (Å²) in [5.74, 6) is 1.56. The van der Waals surface area contributed by atoms with Gasteiger partial charge in [-0.15, -0.1) is 0 Å². The molecule has 0 bridgehead atoms. The van der Waals surface area contributed by atoms with E-state index in [0.29, 0.717) is 5.41 Å². The predicted octanol–water partition coefficient (Wildman–Crippen LogP) is 3.81. The molecule has 1 heteroatoms. The molecular formula is C10H21Zn-. The van der Waals surface area contributed by atoms with E-state index >= 15 is 0 Å². The first-order valence-corrected chi connectivity index (χ1v) is 4.27. The third-order valence-electron chi connectivity index (χ3n) is 2.26. The Morgan fingerprint density at radius 3 is 1.91 bits per heavy atom. The molecule has 0 aromatic heterocycles. The molecule has 0 atom stereocenters. The maximum Gasteiger partial charge on any atom is 0 e. The average Bonchev–Trinajstić information content (AvgIpc) is 1.85. The van der Waals surface area contributed by atoms with Crippen LogP contribution in [0.15, 0.2) is 0 Å². The van der Waals surface area contributed by atoms with E-state index in [-0.39, 0.29) is 19.5 Å². The molecule has 0 aliphatic heterocycles. The van der Waals surface area contributed by atoms with E-state index < -0.39 is 0 Å². The molecule has 0 radical (unpaired) electrons. The van der Waals surface area contributed by atoms with Crippen LogP contribution in [0, 0.1) is 11.3 Å². The summed E-state index contributed by atoms with van der Waals surface area (Å²) < 4.78 is 0. The van der Waals surface area contributed by atoms with Gasteiger partial charge in [0.15, 0.2) is 0 Å². The summed E-state index contributed by atoms with van der Waals surface area (Å²) >= 11 is 0. The van der Waals surface area contributed by atoms with Crippen LogP contribution in [0.4, 0.5) is 0 Å². The standard InChI is InChI=1S/C10H21.Zn/c1-6-10(4,5)8-7-9(2)3;/h6-8H2,1-5H3;/q-1;. The fraction of sp³-hybridized carbons (Fsp3) is 0.900. The summed E-state index contributed by atoms with van der Waals surface area (Å²) in [6.07, 6.45) is 3.92. The molecule has 0 nitrogen and oxygen atoms in total. The maximum absolute atomic E-state index is 2.34. The van der Waals surface area contributed by atoms with Crippen LogP contribution in [0.5, 0.6) is 0 Å². The van der Waals surface area contributed by atoms with E-state index in [2.05, 4.69) is 34.6 Å². The van der Waals surface area contributed by atoms with Crippen LogP contribution in [0.25, 0.3) is 0 Å². The van der Waals surface area contributed by atoms with Crippen LogP contribution in [-0.2, 0) is 19.5 Å². The van der Waals surface area contributed by atoms with E-state index in [0.717, 1.165) is 0 Å². The van der Waals surface area contributed by atoms with Crippen molar-refractivity contribution in [2.45, 2.75) is 53.9 Å². The number of hydrogen-bond donors (Lipinski definition) is 0. The van der Waals surface area contributed by atoms with Crippen molar-refractivity contribution in [3.8, 4) is 0 Å². The molecule has 0 amide bonds. The van der Waals surface area contributed by atoms with Gasteiger partial charge in [0.1, 0.15) is 0 Å². The van der Waals surface area contributed by atoms with E-state index in [1.807, 2.05) is 0 Å². The molecular weight excluding hydrogens is 185 g/mol. The number of hydrogen-bond acceptors (Lipinski definition) is 0. The molecule has 0 rings (SSSR count). The van der Waals surface area contributed by atoms with Crippen LogP contribution < -0.4 is 0 Å². The van der Waals surface area contributed by atoms with Gasteiger partial charge in [-0.2, -0.15) is 20.3 Å². The Labute approximate surface area is 84.9 Å². The Morgan fingerprint density at radius 2 is 1.64 bits per heavy atom. The van der Waals surface area contributed by atoms with E-state index in [4.69, 9.17) is 0 Å². The van der Waals surface area contributed by atoms with E-state index in [9.17, 15) is 0 Å². The van der Waals surface area contributed by atoms with Crippen LogP contribution in [0.1, 0.15) is 53.9 Å². The summed E-state index contributed by atoms with van der Waals surface area (Å²) in [4.78, 5) is 0. The zero-order valence-corrected chi connectivity index (χ0v) is 11.8. The molecule has 0 aliphatic rings. The quantitative estimate of drug-likeness (QED) is 0.485. The zero-order valence-electron chi connectivity index (χ0n) is 8.83. The smallest absolute Gasteiger partial charge is 0 e. The van der Waals surface area contributed by atoms with E-state index in [1.165, 1.54) is 19.3 Å². The minimum absolute atomic E-state index is 0.